The number of carboxylic acids is 1. The van der Waals surface area contributed by atoms with E-state index in [1.54, 1.807) is 6.20 Å². The third-order valence-electron chi connectivity index (χ3n) is 3.19. The molecule has 1 saturated heterocycles. The lowest BCUT2D eigenvalue weighted by Crippen LogP contribution is -2.34. The number of hydrogen-bond acceptors (Lipinski definition) is 4. The summed E-state index contributed by atoms with van der Waals surface area (Å²) < 4.78 is 0. The van der Waals surface area contributed by atoms with Crippen molar-refractivity contribution in [2.24, 2.45) is 5.92 Å². The number of piperidine rings is 1. The van der Waals surface area contributed by atoms with Crippen LogP contribution in [0.3, 0.4) is 0 Å². The van der Waals surface area contributed by atoms with Gasteiger partial charge in [-0.05, 0) is 18.8 Å². The Morgan fingerprint density at radius 3 is 2.88 bits per heavy atom. The molecule has 0 saturated carbocycles. The van der Waals surface area contributed by atoms with E-state index in [2.05, 4.69) is 21.8 Å². The highest BCUT2D eigenvalue weighted by atomic mass is 16.4. The van der Waals surface area contributed by atoms with E-state index < -0.39 is 5.97 Å². The molecule has 0 bridgehead atoms. The molecule has 0 unspecified atom stereocenters. The first kappa shape index (κ1) is 11.8. The van der Waals surface area contributed by atoms with Crippen molar-refractivity contribution in [3.8, 4) is 0 Å². The van der Waals surface area contributed by atoms with E-state index in [1.165, 1.54) is 6.33 Å². The monoisotopic (exact) mass is 235 g/mol. The topological polar surface area (TPSA) is 66.3 Å². The minimum absolute atomic E-state index is 0.0117. The third kappa shape index (κ3) is 2.93. The maximum Gasteiger partial charge on any atom is 0.308 e. The molecule has 1 aromatic heterocycles. The lowest BCUT2D eigenvalue weighted by molar-refractivity contribution is -0.136. The molecule has 0 amide bonds. The zero-order valence-corrected chi connectivity index (χ0v) is 9.96. The molecule has 2 heterocycles. The standard InChI is InChI=1S/C12H17N3O2/c1-9-2-4-15(5-3-9)12-10(6-11(16)17)7-13-8-14-12/h7-9H,2-6H2,1H3,(H,16,17). The van der Waals surface area contributed by atoms with Gasteiger partial charge in [-0.25, -0.2) is 9.97 Å². The number of anilines is 1. The van der Waals surface area contributed by atoms with E-state index in [4.69, 9.17) is 5.11 Å². The Labute approximate surface area is 100 Å². The second-order valence-corrected chi connectivity index (χ2v) is 4.61. The predicted molar refractivity (Wildman–Crippen MR) is 64.0 cm³/mol. The molecule has 5 heteroatoms. The van der Waals surface area contributed by atoms with E-state index in [9.17, 15) is 4.79 Å². The van der Waals surface area contributed by atoms with Gasteiger partial charge in [0.05, 0.1) is 6.42 Å². The molecule has 1 N–H and O–H groups in total. The van der Waals surface area contributed by atoms with Crippen molar-refractivity contribution >= 4 is 11.8 Å². The van der Waals surface area contributed by atoms with E-state index >= 15 is 0 Å². The fourth-order valence-corrected chi connectivity index (χ4v) is 2.14. The SMILES string of the molecule is CC1CCN(c2ncncc2CC(=O)O)CC1. The van der Waals surface area contributed by atoms with Crippen LogP contribution >= 0.6 is 0 Å². The number of aromatic nitrogens is 2. The third-order valence-corrected chi connectivity index (χ3v) is 3.19. The summed E-state index contributed by atoms with van der Waals surface area (Å²) in [5, 5.41) is 8.86. The zero-order valence-electron chi connectivity index (χ0n) is 9.96. The first-order valence-electron chi connectivity index (χ1n) is 5.92. The number of rotatable bonds is 3. The van der Waals surface area contributed by atoms with Crippen molar-refractivity contribution in [3.63, 3.8) is 0 Å². The van der Waals surface area contributed by atoms with Gasteiger partial charge in [-0.3, -0.25) is 4.79 Å². The van der Waals surface area contributed by atoms with E-state index in [-0.39, 0.29) is 6.42 Å². The molecule has 92 valence electrons. The first-order chi connectivity index (χ1) is 8.16. The molecule has 1 aliphatic rings. The number of aliphatic carboxylic acids is 1. The molecular formula is C12H17N3O2. The summed E-state index contributed by atoms with van der Waals surface area (Å²) in [4.78, 5) is 21.1. The molecule has 0 spiro atoms. The van der Waals surface area contributed by atoms with E-state index in [1.807, 2.05) is 0 Å². The van der Waals surface area contributed by atoms with Gasteiger partial charge in [0, 0.05) is 24.8 Å². The highest BCUT2D eigenvalue weighted by Crippen LogP contribution is 2.23. The molecule has 1 aromatic rings. The minimum Gasteiger partial charge on any atom is -0.481 e. The number of hydrogen-bond donors (Lipinski definition) is 1. The summed E-state index contributed by atoms with van der Waals surface area (Å²) >= 11 is 0. The van der Waals surface area contributed by atoms with Crippen LogP contribution in [0.1, 0.15) is 25.3 Å². The van der Waals surface area contributed by atoms with Crippen LogP contribution in [0.25, 0.3) is 0 Å². The molecule has 5 nitrogen and oxygen atoms in total. The number of carboxylic acid groups (broad SMARTS) is 1. The lowest BCUT2D eigenvalue weighted by atomic mass is 9.99. The van der Waals surface area contributed by atoms with Crippen LogP contribution in [0.5, 0.6) is 0 Å². The fourth-order valence-electron chi connectivity index (χ4n) is 2.14. The molecule has 0 aliphatic carbocycles. The predicted octanol–water partition coefficient (Wildman–Crippen LogP) is 1.34. The van der Waals surface area contributed by atoms with Crippen LogP contribution < -0.4 is 4.90 Å². The smallest absolute Gasteiger partial charge is 0.308 e. The van der Waals surface area contributed by atoms with Gasteiger partial charge in [-0.15, -0.1) is 0 Å². The van der Waals surface area contributed by atoms with Crippen LogP contribution in [0.2, 0.25) is 0 Å². The molecule has 0 atom stereocenters. The van der Waals surface area contributed by atoms with Gasteiger partial charge in [0.2, 0.25) is 0 Å². The quantitative estimate of drug-likeness (QED) is 0.856. The summed E-state index contributed by atoms with van der Waals surface area (Å²) in [5.74, 6) is 0.691. The summed E-state index contributed by atoms with van der Waals surface area (Å²) in [6.07, 6.45) is 5.35. The fraction of sp³-hybridized carbons (Fsp3) is 0.583. The van der Waals surface area contributed by atoms with Gasteiger partial charge in [-0.1, -0.05) is 6.92 Å². The zero-order chi connectivity index (χ0) is 12.3. The molecule has 17 heavy (non-hydrogen) atoms. The lowest BCUT2D eigenvalue weighted by Gasteiger charge is -2.32. The maximum atomic E-state index is 10.8. The largest absolute Gasteiger partial charge is 0.481 e. The van der Waals surface area contributed by atoms with Crippen molar-refractivity contribution in [1.29, 1.82) is 0 Å². The van der Waals surface area contributed by atoms with Gasteiger partial charge in [0.1, 0.15) is 12.1 Å². The molecule has 0 aromatic carbocycles. The minimum atomic E-state index is -0.841. The Morgan fingerprint density at radius 2 is 2.24 bits per heavy atom. The molecule has 0 radical (unpaired) electrons. The molecule has 1 fully saturated rings. The van der Waals surface area contributed by atoms with Crippen molar-refractivity contribution < 1.29 is 9.90 Å². The van der Waals surface area contributed by atoms with Crippen molar-refractivity contribution in [1.82, 2.24) is 9.97 Å². The Bertz CT molecular complexity index is 400. The van der Waals surface area contributed by atoms with Crippen molar-refractivity contribution in [2.45, 2.75) is 26.2 Å². The van der Waals surface area contributed by atoms with Crippen LogP contribution in [-0.2, 0) is 11.2 Å². The second kappa shape index (κ2) is 5.12. The summed E-state index contributed by atoms with van der Waals surface area (Å²) in [6.45, 7) is 4.14. The highest BCUT2D eigenvalue weighted by Gasteiger charge is 2.20. The van der Waals surface area contributed by atoms with Gasteiger partial charge in [0.25, 0.3) is 0 Å². The average Bonchev–Trinajstić information content (AvgIpc) is 2.30. The first-order valence-corrected chi connectivity index (χ1v) is 5.92. The van der Waals surface area contributed by atoms with E-state index in [0.717, 1.165) is 37.7 Å². The van der Waals surface area contributed by atoms with Crippen LogP contribution in [0.4, 0.5) is 5.82 Å². The van der Waals surface area contributed by atoms with Crippen LogP contribution in [0, 0.1) is 5.92 Å². The Morgan fingerprint density at radius 1 is 1.53 bits per heavy atom. The van der Waals surface area contributed by atoms with Gasteiger partial charge >= 0.3 is 5.97 Å². The number of carbonyl (C=O) groups is 1. The van der Waals surface area contributed by atoms with Crippen molar-refractivity contribution in [3.05, 3.63) is 18.1 Å². The Kier molecular flexibility index (Phi) is 3.56. The molecular weight excluding hydrogens is 218 g/mol. The van der Waals surface area contributed by atoms with E-state index in [0.29, 0.717) is 5.56 Å². The average molecular weight is 235 g/mol. The summed E-state index contributed by atoms with van der Waals surface area (Å²) in [6, 6.07) is 0. The van der Waals surface area contributed by atoms with Gasteiger partial charge in [-0.2, -0.15) is 0 Å². The summed E-state index contributed by atoms with van der Waals surface area (Å²) in [7, 11) is 0. The van der Waals surface area contributed by atoms with Crippen LogP contribution in [-0.4, -0.2) is 34.1 Å². The van der Waals surface area contributed by atoms with Gasteiger partial charge in [0.15, 0.2) is 0 Å². The normalized spacial score (nSPS) is 17.1. The Hall–Kier alpha value is -1.65. The Balaban J connectivity index is 2.16. The van der Waals surface area contributed by atoms with Gasteiger partial charge < -0.3 is 10.0 Å². The highest BCUT2D eigenvalue weighted by molar-refractivity contribution is 5.72. The summed E-state index contributed by atoms with van der Waals surface area (Å²) in [5.41, 5.74) is 0.703. The molecule has 2 rings (SSSR count). The second-order valence-electron chi connectivity index (χ2n) is 4.61. The van der Waals surface area contributed by atoms with Crippen molar-refractivity contribution in [2.75, 3.05) is 18.0 Å². The van der Waals surface area contributed by atoms with Crippen LogP contribution in [0.15, 0.2) is 12.5 Å². The maximum absolute atomic E-state index is 10.8. The molecule has 1 aliphatic heterocycles. The number of nitrogens with zero attached hydrogens (tertiary/aromatic N) is 3.